The van der Waals surface area contributed by atoms with Crippen LogP contribution in [0, 0.1) is 5.92 Å². The molecule has 6 heteroatoms. The lowest BCUT2D eigenvalue weighted by molar-refractivity contribution is -0.123. The number of rotatable bonds is 8. The first-order chi connectivity index (χ1) is 9.93. The maximum Gasteiger partial charge on any atom is 0.257 e. The van der Waals surface area contributed by atoms with Crippen molar-refractivity contribution in [1.29, 1.82) is 0 Å². The van der Waals surface area contributed by atoms with E-state index in [1.807, 2.05) is 20.8 Å². The van der Waals surface area contributed by atoms with Gasteiger partial charge < -0.3 is 20.5 Å². The largest absolute Gasteiger partial charge is 0.490 e. The van der Waals surface area contributed by atoms with E-state index in [0.29, 0.717) is 36.1 Å². The number of hydrogen-bond donors (Lipinski definition) is 2. The molecule has 21 heavy (non-hydrogen) atoms. The number of nitrogens with one attached hydrogen (secondary N) is 1. The summed E-state index contributed by atoms with van der Waals surface area (Å²) in [6, 6.07) is 5.16. The fraction of sp³-hybridized carbons (Fsp3) is 0.467. The van der Waals surface area contributed by atoms with Gasteiger partial charge in [0.05, 0.1) is 6.61 Å². The summed E-state index contributed by atoms with van der Waals surface area (Å²) >= 11 is 4.93. The normalized spacial score (nSPS) is 10.3. The van der Waals surface area contributed by atoms with Gasteiger partial charge in [-0.2, -0.15) is 0 Å². The molecule has 0 saturated carbocycles. The van der Waals surface area contributed by atoms with Crippen molar-refractivity contribution in [3.8, 4) is 11.5 Å². The van der Waals surface area contributed by atoms with Crippen molar-refractivity contribution >= 4 is 23.1 Å². The number of ether oxygens (including phenoxy) is 2. The van der Waals surface area contributed by atoms with E-state index in [-0.39, 0.29) is 17.5 Å². The van der Waals surface area contributed by atoms with Crippen LogP contribution in [0.2, 0.25) is 0 Å². The van der Waals surface area contributed by atoms with Crippen LogP contribution < -0.4 is 20.5 Å². The number of carbonyl (C=O) groups excluding carboxylic acids is 1. The molecule has 116 valence electrons. The summed E-state index contributed by atoms with van der Waals surface area (Å²) in [5, 5.41) is 2.79. The molecule has 0 fully saturated rings. The monoisotopic (exact) mass is 310 g/mol. The second kappa shape index (κ2) is 8.46. The second-order valence-electron chi connectivity index (χ2n) is 4.95. The minimum Gasteiger partial charge on any atom is -0.490 e. The van der Waals surface area contributed by atoms with E-state index in [1.165, 1.54) is 0 Å². The lowest BCUT2D eigenvalue weighted by atomic mass is 10.2. The molecule has 1 aromatic rings. The number of amides is 1. The van der Waals surface area contributed by atoms with Gasteiger partial charge in [-0.3, -0.25) is 4.79 Å². The summed E-state index contributed by atoms with van der Waals surface area (Å²) in [6.45, 7) is 6.98. The molecule has 0 aromatic heterocycles. The molecule has 3 N–H and O–H groups in total. The topological polar surface area (TPSA) is 73.6 Å². The van der Waals surface area contributed by atoms with Crippen LogP contribution in [0.4, 0.5) is 0 Å². The van der Waals surface area contributed by atoms with Gasteiger partial charge in [0.1, 0.15) is 4.99 Å². The third kappa shape index (κ3) is 5.99. The van der Waals surface area contributed by atoms with Crippen LogP contribution in [0.3, 0.4) is 0 Å². The van der Waals surface area contributed by atoms with Crippen LogP contribution in [0.15, 0.2) is 18.2 Å². The van der Waals surface area contributed by atoms with Gasteiger partial charge in [-0.1, -0.05) is 26.1 Å². The SMILES string of the molecule is CCOc1cc(C(N)=S)ccc1OCC(=O)NCC(C)C. The van der Waals surface area contributed by atoms with Gasteiger partial charge in [0.25, 0.3) is 5.91 Å². The Hall–Kier alpha value is -1.82. The average molecular weight is 310 g/mol. The zero-order chi connectivity index (χ0) is 15.8. The Labute approximate surface area is 130 Å². The first-order valence-corrected chi connectivity index (χ1v) is 7.31. The van der Waals surface area contributed by atoms with Gasteiger partial charge in [-0.05, 0) is 31.0 Å². The van der Waals surface area contributed by atoms with E-state index >= 15 is 0 Å². The molecular weight excluding hydrogens is 288 g/mol. The van der Waals surface area contributed by atoms with Gasteiger partial charge in [0, 0.05) is 12.1 Å². The summed E-state index contributed by atoms with van der Waals surface area (Å²) in [5.74, 6) is 1.26. The Morgan fingerprint density at radius 1 is 1.33 bits per heavy atom. The van der Waals surface area contributed by atoms with E-state index in [4.69, 9.17) is 27.4 Å². The third-order valence-corrected chi connectivity index (χ3v) is 2.83. The van der Waals surface area contributed by atoms with Crippen LogP contribution in [0.25, 0.3) is 0 Å². The van der Waals surface area contributed by atoms with Crippen LogP contribution in [-0.2, 0) is 4.79 Å². The van der Waals surface area contributed by atoms with Gasteiger partial charge in [-0.25, -0.2) is 0 Å². The van der Waals surface area contributed by atoms with Gasteiger partial charge in [0.2, 0.25) is 0 Å². The molecule has 5 nitrogen and oxygen atoms in total. The fourth-order valence-corrected chi connectivity index (χ4v) is 1.69. The Morgan fingerprint density at radius 2 is 2.05 bits per heavy atom. The number of benzene rings is 1. The standard InChI is InChI=1S/C15H22N2O3S/c1-4-19-13-7-11(15(16)21)5-6-12(13)20-9-14(18)17-8-10(2)3/h5-7,10H,4,8-9H2,1-3H3,(H2,16,21)(H,17,18). The Morgan fingerprint density at radius 3 is 2.62 bits per heavy atom. The number of carbonyl (C=O) groups is 1. The lowest BCUT2D eigenvalue weighted by Crippen LogP contribution is -2.31. The quantitative estimate of drug-likeness (QED) is 0.717. The maximum absolute atomic E-state index is 11.6. The zero-order valence-electron chi connectivity index (χ0n) is 12.6. The van der Waals surface area contributed by atoms with E-state index in [1.54, 1.807) is 18.2 Å². The second-order valence-corrected chi connectivity index (χ2v) is 5.39. The van der Waals surface area contributed by atoms with Gasteiger partial charge in [-0.15, -0.1) is 0 Å². The maximum atomic E-state index is 11.6. The predicted octanol–water partition coefficient (Wildman–Crippen LogP) is 1.87. The van der Waals surface area contributed by atoms with Crippen molar-refractivity contribution in [1.82, 2.24) is 5.32 Å². The minimum atomic E-state index is -0.162. The fourth-order valence-electron chi connectivity index (χ4n) is 1.56. The van der Waals surface area contributed by atoms with E-state index in [0.717, 1.165) is 0 Å². The molecule has 0 spiro atoms. The Balaban J connectivity index is 2.69. The third-order valence-electron chi connectivity index (χ3n) is 2.59. The molecule has 0 aliphatic heterocycles. The highest BCUT2D eigenvalue weighted by atomic mass is 32.1. The molecule has 1 amide bonds. The highest BCUT2D eigenvalue weighted by Crippen LogP contribution is 2.28. The Kier molecular flexibility index (Phi) is 6.94. The van der Waals surface area contributed by atoms with Crippen molar-refractivity contribution < 1.29 is 14.3 Å². The van der Waals surface area contributed by atoms with Crippen molar-refractivity contribution in [2.45, 2.75) is 20.8 Å². The minimum absolute atomic E-state index is 0.0563. The van der Waals surface area contributed by atoms with E-state index < -0.39 is 0 Å². The highest BCUT2D eigenvalue weighted by molar-refractivity contribution is 7.80. The number of nitrogens with two attached hydrogens (primary N) is 1. The molecule has 0 aliphatic rings. The summed E-state index contributed by atoms with van der Waals surface area (Å²) in [4.78, 5) is 11.9. The van der Waals surface area contributed by atoms with Crippen molar-refractivity contribution in [3.05, 3.63) is 23.8 Å². The predicted molar refractivity (Wildman–Crippen MR) is 86.8 cm³/mol. The van der Waals surface area contributed by atoms with Crippen LogP contribution in [-0.4, -0.2) is 30.7 Å². The van der Waals surface area contributed by atoms with E-state index in [2.05, 4.69) is 5.32 Å². The van der Waals surface area contributed by atoms with Crippen LogP contribution in [0.1, 0.15) is 26.3 Å². The van der Waals surface area contributed by atoms with Crippen molar-refractivity contribution in [2.75, 3.05) is 19.8 Å². The lowest BCUT2D eigenvalue weighted by Gasteiger charge is -2.13. The molecule has 0 atom stereocenters. The molecule has 0 saturated heterocycles. The average Bonchev–Trinajstić information content (AvgIpc) is 2.43. The molecular formula is C15H22N2O3S. The molecule has 0 bridgehead atoms. The highest BCUT2D eigenvalue weighted by Gasteiger charge is 2.10. The molecule has 1 aromatic carbocycles. The molecule has 0 radical (unpaired) electrons. The summed E-state index contributed by atoms with van der Waals surface area (Å²) < 4.78 is 11.0. The molecule has 0 heterocycles. The molecule has 1 rings (SSSR count). The summed E-state index contributed by atoms with van der Waals surface area (Å²) in [7, 11) is 0. The number of thiocarbonyl (C=S) groups is 1. The number of hydrogen-bond acceptors (Lipinski definition) is 4. The van der Waals surface area contributed by atoms with Gasteiger partial charge in [0.15, 0.2) is 18.1 Å². The molecule has 0 aliphatic carbocycles. The van der Waals surface area contributed by atoms with E-state index in [9.17, 15) is 4.79 Å². The van der Waals surface area contributed by atoms with Crippen LogP contribution in [0.5, 0.6) is 11.5 Å². The van der Waals surface area contributed by atoms with Crippen molar-refractivity contribution in [2.24, 2.45) is 11.7 Å². The Bertz CT molecular complexity index is 504. The zero-order valence-corrected chi connectivity index (χ0v) is 13.5. The molecule has 0 unspecified atom stereocenters. The first kappa shape index (κ1) is 17.2. The van der Waals surface area contributed by atoms with Crippen LogP contribution >= 0.6 is 12.2 Å². The summed E-state index contributed by atoms with van der Waals surface area (Å²) in [5.41, 5.74) is 6.29. The van der Waals surface area contributed by atoms with Gasteiger partial charge >= 0.3 is 0 Å². The first-order valence-electron chi connectivity index (χ1n) is 6.90. The summed E-state index contributed by atoms with van der Waals surface area (Å²) in [6.07, 6.45) is 0. The smallest absolute Gasteiger partial charge is 0.257 e. The van der Waals surface area contributed by atoms with Crippen molar-refractivity contribution in [3.63, 3.8) is 0 Å².